The Morgan fingerprint density at radius 1 is 1.10 bits per heavy atom. The Balaban J connectivity index is 1.70. The highest BCUT2D eigenvalue weighted by Crippen LogP contribution is 2.27. The summed E-state index contributed by atoms with van der Waals surface area (Å²) in [6.45, 7) is 4.38. The summed E-state index contributed by atoms with van der Waals surface area (Å²) >= 11 is 6.09. The van der Waals surface area contributed by atoms with Gasteiger partial charge in [-0.25, -0.2) is 0 Å². The third kappa shape index (κ3) is 3.30. The zero-order valence-corrected chi connectivity index (χ0v) is 13.5. The second-order valence-electron chi connectivity index (χ2n) is 6.06. The molecule has 0 amide bonds. The van der Waals surface area contributed by atoms with Crippen molar-refractivity contribution in [2.75, 3.05) is 0 Å². The third-order valence-corrected chi connectivity index (χ3v) is 4.66. The summed E-state index contributed by atoms with van der Waals surface area (Å²) in [5.74, 6) is 0. The van der Waals surface area contributed by atoms with E-state index >= 15 is 0 Å². The summed E-state index contributed by atoms with van der Waals surface area (Å²) in [6.07, 6.45) is 3.30. The molecule has 0 saturated carbocycles. The normalized spacial score (nSPS) is 18.5. The fourth-order valence-corrected chi connectivity index (χ4v) is 3.43. The van der Waals surface area contributed by atoms with Crippen LogP contribution in [0, 0.1) is 6.92 Å². The number of halogens is 1. The Morgan fingerprint density at radius 2 is 1.81 bits per heavy atom. The van der Waals surface area contributed by atoms with Gasteiger partial charge in [0.25, 0.3) is 0 Å². The molecule has 0 fully saturated rings. The minimum atomic E-state index is 0.431. The maximum atomic E-state index is 6.09. The Labute approximate surface area is 132 Å². The summed E-state index contributed by atoms with van der Waals surface area (Å²) in [6, 6.07) is 16.1. The summed E-state index contributed by atoms with van der Waals surface area (Å²) in [5, 5.41) is 4.67. The van der Waals surface area contributed by atoms with Crippen molar-refractivity contribution >= 4 is 11.6 Å². The SMILES string of the molecule is CCC(NC1Cc2ccc(Cl)cc2C1)c1ccc(C)cc1. The molecule has 2 atom stereocenters. The lowest BCUT2D eigenvalue weighted by Gasteiger charge is -2.22. The first-order chi connectivity index (χ1) is 10.2. The monoisotopic (exact) mass is 299 g/mol. The number of aryl methyl sites for hydroxylation is 1. The Kier molecular flexibility index (Phi) is 4.32. The van der Waals surface area contributed by atoms with Crippen molar-refractivity contribution in [3.8, 4) is 0 Å². The minimum Gasteiger partial charge on any atom is -0.307 e. The van der Waals surface area contributed by atoms with Crippen LogP contribution in [-0.4, -0.2) is 6.04 Å². The molecule has 2 unspecified atom stereocenters. The van der Waals surface area contributed by atoms with E-state index < -0.39 is 0 Å². The summed E-state index contributed by atoms with van der Waals surface area (Å²) in [5.41, 5.74) is 5.54. The zero-order valence-electron chi connectivity index (χ0n) is 12.7. The van der Waals surface area contributed by atoms with Gasteiger partial charge in [0.2, 0.25) is 0 Å². The highest BCUT2D eigenvalue weighted by atomic mass is 35.5. The van der Waals surface area contributed by atoms with Crippen molar-refractivity contribution in [2.45, 2.75) is 45.2 Å². The average molecular weight is 300 g/mol. The van der Waals surface area contributed by atoms with Gasteiger partial charge in [-0.1, -0.05) is 54.4 Å². The number of fused-ring (bicyclic) bond motifs is 1. The number of nitrogens with one attached hydrogen (secondary N) is 1. The van der Waals surface area contributed by atoms with Crippen LogP contribution in [-0.2, 0) is 12.8 Å². The molecule has 1 nitrogen and oxygen atoms in total. The van der Waals surface area contributed by atoms with E-state index in [1.54, 1.807) is 0 Å². The Bertz CT molecular complexity index is 618. The van der Waals surface area contributed by atoms with Crippen LogP contribution in [0.5, 0.6) is 0 Å². The van der Waals surface area contributed by atoms with E-state index in [1.807, 2.05) is 6.07 Å². The molecular formula is C19H22ClN. The topological polar surface area (TPSA) is 12.0 Å². The summed E-state index contributed by atoms with van der Waals surface area (Å²) in [4.78, 5) is 0. The van der Waals surface area contributed by atoms with Crippen LogP contribution in [0.1, 0.15) is 41.6 Å². The van der Waals surface area contributed by atoms with Gasteiger partial charge in [-0.15, -0.1) is 0 Å². The van der Waals surface area contributed by atoms with Crippen molar-refractivity contribution in [3.05, 3.63) is 69.7 Å². The van der Waals surface area contributed by atoms with E-state index in [-0.39, 0.29) is 0 Å². The Morgan fingerprint density at radius 3 is 2.52 bits per heavy atom. The molecular weight excluding hydrogens is 278 g/mol. The van der Waals surface area contributed by atoms with E-state index in [9.17, 15) is 0 Å². The van der Waals surface area contributed by atoms with E-state index in [2.05, 4.69) is 55.6 Å². The lowest BCUT2D eigenvalue weighted by Crippen LogP contribution is -2.33. The molecule has 21 heavy (non-hydrogen) atoms. The van der Waals surface area contributed by atoms with Crippen LogP contribution in [0.4, 0.5) is 0 Å². The second kappa shape index (κ2) is 6.21. The third-order valence-electron chi connectivity index (χ3n) is 4.43. The molecule has 1 aliphatic rings. The molecule has 0 bridgehead atoms. The summed E-state index contributed by atoms with van der Waals surface area (Å²) in [7, 11) is 0. The van der Waals surface area contributed by atoms with Gasteiger partial charge in [0.15, 0.2) is 0 Å². The van der Waals surface area contributed by atoms with E-state index in [4.69, 9.17) is 11.6 Å². The maximum Gasteiger partial charge on any atom is 0.0408 e. The van der Waals surface area contributed by atoms with Gasteiger partial charge < -0.3 is 5.32 Å². The van der Waals surface area contributed by atoms with Crippen LogP contribution < -0.4 is 5.32 Å². The van der Waals surface area contributed by atoms with Crippen LogP contribution >= 0.6 is 11.6 Å². The molecule has 0 aromatic heterocycles. The van der Waals surface area contributed by atoms with Gasteiger partial charge in [0.05, 0.1) is 0 Å². The van der Waals surface area contributed by atoms with Crippen LogP contribution in [0.3, 0.4) is 0 Å². The predicted molar refractivity (Wildman–Crippen MR) is 90.0 cm³/mol. The first-order valence-electron chi connectivity index (χ1n) is 7.75. The second-order valence-corrected chi connectivity index (χ2v) is 6.49. The highest BCUT2D eigenvalue weighted by Gasteiger charge is 2.23. The molecule has 0 radical (unpaired) electrons. The molecule has 3 rings (SSSR count). The molecule has 1 N–H and O–H groups in total. The van der Waals surface area contributed by atoms with Crippen molar-refractivity contribution in [2.24, 2.45) is 0 Å². The van der Waals surface area contributed by atoms with Crippen LogP contribution in [0.25, 0.3) is 0 Å². The molecule has 1 aliphatic carbocycles. The van der Waals surface area contributed by atoms with E-state index in [0.29, 0.717) is 12.1 Å². The summed E-state index contributed by atoms with van der Waals surface area (Å²) < 4.78 is 0. The highest BCUT2D eigenvalue weighted by molar-refractivity contribution is 6.30. The lowest BCUT2D eigenvalue weighted by molar-refractivity contribution is 0.435. The molecule has 0 aliphatic heterocycles. The first kappa shape index (κ1) is 14.6. The number of hydrogen-bond donors (Lipinski definition) is 1. The molecule has 2 heteroatoms. The Hall–Kier alpha value is -1.31. The van der Waals surface area contributed by atoms with Crippen molar-refractivity contribution in [1.82, 2.24) is 5.32 Å². The van der Waals surface area contributed by atoms with Crippen molar-refractivity contribution in [3.63, 3.8) is 0 Å². The van der Waals surface area contributed by atoms with Gasteiger partial charge in [0.1, 0.15) is 0 Å². The van der Waals surface area contributed by atoms with Crippen LogP contribution in [0.15, 0.2) is 42.5 Å². The van der Waals surface area contributed by atoms with Gasteiger partial charge in [-0.2, -0.15) is 0 Å². The quantitative estimate of drug-likeness (QED) is 0.850. The number of hydrogen-bond acceptors (Lipinski definition) is 1. The molecule has 0 spiro atoms. The van der Waals surface area contributed by atoms with Gasteiger partial charge in [-0.05, 0) is 55.0 Å². The predicted octanol–water partition coefficient (Wildman–Crippen LogP) is 4.86. The standard InChI is InChI=1S/C19H22ClN/c1-3-19(14-6-4-13(2)5-7-14)21-18-11-15-8-9-17(20)10-16(15)12-18/h4-10,18-19,21H,3,11-12H2,1-2H3. The maximum absolute atomic E-state index is 6.09. The lowest BCUT2D eigenvalue weighted by atomic mass is 10.0. The van der Waals surface area contributed by atoms with E-state index in [1.165, 1.54) is 22.3 Å². The van der Waals surface area contributed by atoms with E-state index in [0.717, 1.165) is 24.3 Å². The molecule has 0 saturated heterocycles. The fourth-order valence-electron chi connectivity index (χ4n) is 3.24. The van der Waals surface area contributed by atoms with Gasteiger partial charge in [0, 0.05) is 17.1 Å². The molecule has 2 aromatic carbocycles. The molecule has 0 heterocycles. The number of rotatable bonds is 4. The van der Waals surface area contributed by atoms with Crippen molar-refractivity contribution in [1.29, 1.82) is 0 Å². The first-order valence-corrected chi connectivity index (χ1v) is 8.13. The fraction of sp³-hybridized carbons (Fsp3) is 0.368. The number of benzene rings is 2. The van der Waals surface area contributed by atoms with Gasteiger partial charge in [-0.3, -0.25) is 0 Å². The van der Waals surface area contributed by atoms with Crippen LogP contribution in [0.2, 0.25) is 5.02 Å². The minimum absolute atomic E-state index is 0.431. The zero-order chi connectivity index (χ0) is 14.8. The largest absolute Gasteiger partial charge is 0.307 e. The average Bonchev–Trinajstić information content (AvgIpc) is 2.87. The van der Waals surface area contributed by atoms with Crippen molar-refractivity contribution < 1.29 is 0 Å². The van der Waals surface area contributed by atoms with Gasteiger partial charge >= 0.3 is 0 Å². The smallest absolute Gasteiger partial charge is 0.0408 e. The molecule has 110 valence electrons. The molecule has 2 aromatic rings.